The van der Waals surface area contributed by atoms with Crippen LogP contribution in [0, 0.1) is 6.92 Å². The molecule has 4 aromatic rings. The smallest absolute Gasteiger partial charge is 0.263 e. The molecule has 0 N–H and O–H groups in total. The molecule has 0 atom stereocenters. The van der Waals surface area contributed by atoms with Crippen molar-refractivity contribution in [2.75, 3.05) is 7.11 Å². The summed E-state index contributed by atoms with van der Waals surface area (Å²) >= 11 is 3.07. The van der Waals surface area contributed by atoms with Crippen LogP contribution in [0.15, 0.2) is 63.9 Å². The van der Waals surface area contributed by atoms with Gasteiger partial charge >= 0.3 is 0 Å². The Labute approximate surface area is 171 Å². The van der Waals surface area contributed by atoms with E-state index in [-0.39, 0.29) is 5.56 Å². The van der Waals surface area contributed by atoms with Crippen LogP contribution in [-0.4, -0.2) is 16.7 Å². The van der Waals surface area contributed by atoms with Gasteiger partial charge in [0.25, 0.3) is 5.56 Å². The molecule has 2 aromatic heterocycles. The van der Waals surface area contributed by atoms with Gasteiger partial charge in [0.1, 0.15) is 10.6 Å². The van der Waals surface area contributed by atoms with Crippen LogP contribution in [0.3, 0.4) is 0 Å². The number of thiophene rings is 1. The highest BCUT2D eigenvalue weighted by Crippen LogP contribution is 2.33. The summed E-state index contributed by atoms with van der Waals surface area (Å²) in [4.78, 5) is 18.6. The highest BCUT2D eigenvalue weighted by Gasteiger charge is 2.16. The van der Waals surface area contributed by atoms with E-state index in [1.54, 1.807) is 30.5 Å². The number of thioether (sulfide) groups is 1. The van der Waals surface area contributed by atoms with Gasteiger partial charge in [-0.05, 0) is 18.6 Å². The van der Waals surface area contributed by atoms with Crippen molar-refractivity contribution < 1.29 is 4.74 Å². The van der Waals surface area contributed by atoms with Crippen molar-refractivity contribution in [1.29, 1.82) is 0 Å². The lowest BCUT2D eigenvalue weighted by Gasteiger charge is -2.11. The first-order valence-corrected chi connectivity index (χ1v) is 10.7. The topological polar surface area (TPSA) is 44.1 Å². The Balaban J connectivity index is 1.71. The summed E-state index contributed by atoms with van der Waals surface area (Å²) in [6.45, 7) is 2.06. The van der Waals surface area contributed by atoms with Gasteiger partial charge in [-0.2, -0.15) is 0 Å². The molecule has 2 heterocycles. The summed E-state index contributed by atoms with van der Waals surface area (Å²) in [7, 11) is 3.46. The molecule has 0 saturated heterocycles. The van der Waals surface area contributed by atoms with Crippen LogP contribution in [0.5, 0.6) is 5.75 Å². The molecule has 0 saturated carbocycles. The molecule has 0 radical (unpaired) electrons. The number of hydrogen-bond donors (Lipinski definition) is 0. The van der Waals surface area contributed by atoms with Crippen molar-refractivity contribution in [3.8, 4) is 16.9 Å². The van der Waals surface area contributed by atoms with Crippen molar-refractivity contribution in [2.45, 2.75) is 17.8 Å². The number of benzene rings is 2. The average Bonchev–Trinajstić information content (AvgIpc) is 3.14. The number of nitrogens with zero attached hydrogens (tertiary/aromatic N) is 2. The maximum atomic E-state index is 13.1. The Morgan fingerprint density at radius 3 is 2.71 bits per heavy atom. The fourth-order valence-electron chi connectivity index (χ4n) is 3.17. The molecule has 4 nitrogen and oxygen atoms in total. The number of methoxy groups -OCH3 is 1. The summed E-state index contributed by atoms with van der Waals surface area (Å²) in [6.07, 6.45) is 0. The first-order valence-electron chi connectivity index (χ1n) is 8.88. The summed E-state index contributed by atoms with van der Waals surface area (Å²) in [5.74, 6) is 1.54. The lowest BCUT2D eigenvalue weighted by molar-refractivity contribution is 0.411. The van der Waals surface area contributed by atoms with Gasteiger partial charge in [-0.15, -0.1) is 11.3 Å². The Kier molecular flexibility index (Phi) is 5.24. The molecule has 0 spiro atoms. The van der Waals surface area contributed by atoms with E-state index in [0.717, 1.165) is 27.3 Å². The molecule has 0 amide bonds. The highest BCUT2D eigenvalue weighted by atomic mass is 32.2. The lowest BCUT2D eigenvalue weighted by atomic mass is 10.1. The van der Waals surface area contributed by atoms with Crippen LogP contribution in [-0.2, 0) is 12.8 Å². The third-order valence-electron chi connectivity index (χ3n) is 4.65. The number of fused-ring (bicyclic) bond motifs is 1. The van der Waals surface area contributed by atoms with Gasteiger partial charge < -0.3 is 4.74 Å². The minimum atomic E-state index is -0.0104. The van der Waals surface area contributed by atoms with Crippen molar-refractivity contribution >= 4 is 33.3 Å². The van der Waals surface area contributed by atoms with Gasteiger partial charge in [0, 0.05) is 29.3 Å². The Morgan fingerprint density at radius 1 is 1.18 bits per heavy atom. The molecule has 28 heavy (non-hydrogen) atoms. The Bertz CT molecular complexity index is 1200. The van der Waals surface area contributed by atoms with Gasteiger partial charge in [-0.25, -0.2) is 4.98 Å². The second-order valence-electron chi connectivity index (χ2n) is 6.56. The van der Waals surface area contributed by atoms with E-state index in [4.69, 9.17) is 9.72 Å². The van der Waals surface area contributed by atoms with E-state index in [1.807, 2.05) is 47.8 Å². The van der Waals surface area contributed by atoms with Crippen molar-refractivity contribution in [3.05, 3.63) is 75.4 Å². The predicted octanol–water partition coefficient (Wildman–Crippen LogP) is 5.27. The highest BCUT2D eigenvalue weighted by molar-refractivity contribution is 7.98. The number of aromatic nitrogens is 2. The third-order valence-corrected chi connectivity index (χ3v) is 6.60. The van der Waals surface area contributed by atoms with Gasteiger partial charge in [0.05, 0.1) is 12.5 Å². The molecule has 4 rings (SSSR count). The number of aryl methyl sites for hydroxylation is 1. The largest absolute Gasteiger partial charge is 0.496 e. The van der Waals surface area contributed by atoms with Crippen LogP contribution in [0.4, 0.5) is 0 Å². The summed E-state index contributed by atoms with van der Waals surface area (Å²) in [5.41, 5.74) is 4.25. The molecule has 0 aliphatic carbocycles. The zero-order valence-electron chi connectivity index (χ0n) is 15.9. The molecule has 0 unspecified atom stereocenters. The second-order valence-corrected chi connectivity index (χ2v) is 8.36. The first kappa shape index (κ1) is 18.8. The molecule has 0 aliphatic heterocycles. The second kappa shape index (κ2) is 7.81. The Morgan fingerprint density at radius 2 is 1.96 bits per heavy atom. The van der Waals surface area contributed by atoms with Crippen LogP contribution in [0.2, 0.25) is 0 Å². The normalized spacial score (nSPS) is 11.1. The maximum Gasteiger partial charge on any atom is 0.263 e. The van der Waals surface area contributed by atoms with Gasteiger partial charge in [0.15, 0.2) is 5.16 Å². The number of ether oxygens (including phenoxy) is 1. The molecule has 2 aromatic carbocycles. The van der Waals surface area contributed by atoms with Crippen molar-refractivity contribution in [2.24, 2.45) is 7.05 Å². The number of hydrogen-bond acceptors (Lipinski definition) is 5. The average molecular weight is 409 g/mol. The van der Waals surface area contributed by atoms with E-state index in [2.05, 4.69) is 13.0 Å². The van der Waals surface area contributed by atoms with E-state index in [1.165, 1.54) is 16.9 Å². The summed E-state index contributed by atoms with van der Waals surface area (Å²) in [5, 5.41) is 3.42. The molecule has 0 aliphatic rings. The quantitative estimate of drug-likeness (QED) is 0.333. The van der Waals surface area contributed by atoms with E-state index < -0.39 is 0 Å². The molecular formula is C22H20N2O2S2. The van der Waals surface area contributed by atoms with Crippen molar-refractivity contribution in [1.82, 2.24) is 9.55 Å². The first-order chi connectivity index (χ1) is 13.6. The van der Waals surface area contributed by atoms with Crippen molar-refractivity contribution in [3.63, 3.8) is 0 Å². The van der Waals surface area contributed by atoms with Crippen LogP contribution < -0.4 is 10.3 Å². The zero-order chi connectivity index (χ0) is 19.7. The molecular weight excluding hydrogens is 388 g/mol. The summed E-state index contributed by atoms with van der Waals surface area (Å²) in [6, 6.07) is 16.1. The van der Waals surface area contributed by atoms with Gasteiger partial charge in [-0.1, -0.05) is 59.8 Å². The molecule has 0 fully saturated rings. The van der Waals surface area contributed by atoms with Crippen LogP contribution in [0.1, 0.15) is 11.1 Å². The molecule has 0 bridgehead atoms. The lowest BCUT2D eigenvalue weighted by Crippen LogP contribution is -2.19. The number of rotatable bonds is 5. The maximum absolute atomic E-state index is 13.1. The standard InChI is InChI=1S/C22H20N2O2S2/c1-14-9-10-18(26-3)16(11-14)12-28-22-23-20-19(21(25)24(22)2)17(13-27-20)15-7-5-4-6-8-15/h4-11,13H,12H2,1-3H3. The van der Waals surface area contributed by atoms with Gasteiger partial charge in [0.2, 0.25) is 0 Å². The SMILES string of the molecule is COc1ccc(C)cc1CSc1nc2scc(-c3ccccc3)c2c(=O)n1C. The monoisotopic (exact) mass is 408 g/mol. The van der Waals surface area contributed by atoms with E-state index in [0.29, 0.717) is 16.3 Å². The van der Waals surface area contributed by atoms with Crippen LogP contribution >= 0.6 is 23.1 Å². The third kappa shape index (κ3) is 3.45. The zero-order valence-corrected chi connectivity index (χ0v) is 17.6. The minimum absolute atomic E-state index is 0.0104. The molecule has 6 heteroatoms. The fourth-order valence-corrected chi connectivity index (χ4v) is 5.11. The van der Waals surface area contributed by atoms with E-state index >= 15 is 0 Å². The van der Waals surface area contributed by atoms with Crippen LogP contribution in [0.25, 0.3) is 21.3 Å². The van der Waals surface area contributed by atoms with Gasteiger partial charge in [-0.3, -0.25) is 9.36 Å². The fraction of sp³-hybridized carbons (Fsp3) is 0.182. The Hall–Kier alpha value is -2.57. The predicted molar refractivity (Wildman–Crippen MR) is 118 cm³/mol. The summed E-state index contributed by atoms with van der Waals surface area (Å²) < 4.78 is 7.11. The van der Waals surface area contributed by atoms with E-state index in [9.17, 15) is 4.79 Å². The molecule has 142 valence electrons. The minimum Gasteiger partial charge on any atom is -0.496 e.